The van der Waals surface area contributed by atoms with E-state index in [2.05, 4.69) is 26.3 Å². The van der Waals surface area contributed by atoms with E-state index in [-0.39, 0.29) is 12.5 Å². The van der Waals surface area contributed by atoms with E-state index in [4.69, 9.17) is 0 Å². The highest BCUT2D eigenvalue weighted by molar-refractivity contribution is 7.16. The van der Waals surface area contributed by atoms with Crippen LogP contribution in [0.15, 0.2) is 54.0 Å². The van der Waals surface area contributed by atoms with Crippen molar-refractivity contribution in [2.24, 2.45) is 11.3 Å². The molecule has 4 amide bonds. The van der Waals surface area contributed by atoms with Crippen LogP contribution in [0, 0.1) is 11.3 Å². The molecule has 218 valence electrons. The summed E-state index contributed by atoms with van der Waals surface area (Å²) in [6.07, 6.45) is 0. The van der Waals surface area contributed by atoms with E-state index in [0.29, 0.717) is 5.56 Å². The Morgan fingerprint density at radius 1 is 0.878 bits per heavy atom. The van der Waals surface area contributed by atoms with E-state index in [9.17, 15) is 24.0 Å². The van der Waals surface area contributed by atoms with E-state index in [1.54, 1.807) is 58.3 Å². The minimum absolute atomic E-state index is 0.175. The number of fused-ring (bicyclic) bond motifs is 1. The molecule has 3 atom stereocenters. The number of thiazole rings is 1. The number of Topliss-reactive ketones (excluding diaryl/α,β-unsaturated/α-hetero) is 1. The van der Waals surface area contributed by atoms with Gasteiger partial charge in [0, 0.05) is 12.1 Å². The molecule has 0 aliphatic carbocycles. The van der Waals surface area contributed by atoms with Crippen LogP contribution in [0.4, 0.5) is 0 Å². The van der Waals surface area contributed by atoms with Crippen LogP contribution in [0.3, 0.4) is 0 Å². The lowest BCUT2D eigenvalue weighted by Gasteiger charge is -2.31. The Balaban J connectivity index is 1.62. The molecule has 0 aliphatic rings. The highest BCUT2D eigenvalue weighted by atomic mass is 32.1. The fourth-order valence-electron chi connectivity index (χ4n) is 4.07. The van der Waals surface area contributed by atoms with Crippen molar-refractivity contribution >= 4 is 51.0 Å². The number of carbonyl (C=O) groups is 5. The van der Waals surface area contributed by atoms with Gasteiger partial charge in [-0.2, -0.15) is 0 Å². The smallest absolute Gasteiger partial charge is 0.289 e. The summed E-state index contributed by atoms with van der Waals surface area (Å²) in [5.74, 6) is -3.58. The molecule has 11 heteroatoms. The molecule has 0 fully saturated rings. The summed E-state index contributed by atoms with van der Waals surface area (Å²) in [7, 11) is 0. The Morgan fingerprint density at radius 3 is 2.20 bits per heavy atom. The van der Waals surface area contributed by atoms with Crippen molar-refractivity contribution in [1.29, 1.82) is 0 Å². The average Bonchev–Trinajstić information content (AvgIpc) is 3.40. The Hall–Kier alpha value is -4.12. The zero-order valence-corrected chi connectivity index (χ0v) is 24.9. The third-order valence-electron chi connectivity index (χ3n) is 6.52. The molecule has 1 aromatic heterocycles. The van der Waals surface area contributed by atoms with Gasteiger partial charge >= 0.3 is 0 Å². The number of ketones is 1. The van der Waals surface area contributed by atoms with Gasteiger partial charge in [0.1, 0.15) is 12.1 Å². The number of amides is 4. The van der Waals surface area contributed by atoms with Crippen LogP contribution in [0.5, 0.6) is 0 Å². The van der Waals surface area contributed by atoms with Gasteiger partial charge in [-0.05, 0) is 42.0 Å². The Bertz CT molecular complexity index is 1410. The third kappa shape index (κ3) is 8.43. The highest BCUT2D eigenvalue weighted by Crippen LogP contribution is 2.22. The van der Waals surface area contributed by atoms with Crippen molar-refractivity contribution in [3.05, 3.63) is 65.2 Å². The standard InChI is InChI=1S/C30H37N5O5S/c1-17(2)23(24(36)28(39)31-15-19-10-8-7-9-11-19)34-26(37)18(3)33-29(40)25(30(4,5)6)35-27(38)20-12-13-21-22(14-20)41-16-32-21/h7-14,16-18,23,25H,15H2,1-6H3,(H,31,39)(H,33,40)(H,34,37)(H,35,38)/t18?,23-,25+/m0/s1. The van der Waals surface area contributed by atoms with Crippen molar-refractivity contribution in [2.75, 3.05) is 0 Å². The van der Waals surface area contributed by atoms with E-state index < -0.39 is 53.0 Å². The highest BCUT2D eigenvalue weighted by Gasteiger charge is 2.36. The maximum Gasteiger partial charge on any atom is 0.289 e. The summed E-state index contributed by atoms with van der Waals surface area (Å²) in [6, 6.07) is 11.2. The van der Waals surface area contributed by atoms with Gasteiger partial charge in [0.2, 0.25) is 17.6 Å². The minimum atomic E-state index is -1.09. The molecule has 0 aliphatic heterocycles. The first-order chi connectivity index (χ1) is 19.3. The predicted octanol–water partition coefficient (Wildman–Crippen LogP) is 2.97. The van der Waals surface area contributed by atoms with Gasteiger partial charge in [-0.1, -0.05) is 65.0 Å². The molecule has 41 heavy (non-hydrogen) atoms. The van der Waals surface area contributed by atoms with Crippen LogP contribution in [0.1, 0.15) is 57.5 Å². The number of carbonyl (C=O) groups excluding carboxylic acids is 5. The number of rotatable bonds is 11. The zero-order valence-electron chi connectivity index (χ0n) is 24.1. The monoisotopic (exact) mass is 579 g/mol. The normalized spacial score (nSPS) is 13.6. The zero-order chi connectivity index (χ0) is 30.3. The van der Waals surface area contributed by atoms with Crippen LogP contribution in [0.25, 0.3) is 10.2 Å². The van der Waals surface area contributed by atoms with Gasteiger partial charge in [0.15, 0.2) is 0 Å². The molecule has 0 radical (unpaired) electrons. The molecule has 1 unspecified atom stereocenters. The summed E-state index contributed by atoms with van der Waals surface area (Å²) >= 11 is 1.41. The van der Waals surface area contributed by atoms with Crippen LogP contribution in [0.2, 0.25) is 0 Å². The SMILES string of the molecule is CC(NC(=O)[C@@H](NC(=O)c1ccc2ncsc2c1)C(C)(C)C)C(=O)N[C@H](C(=O)C(=O)NCc1ccccc1)C(C)C. The summed E-state index contributed by atoms with van der Waals surface area (Å²) in [5.41, 5.74) is 3.01. The number of aromatic nitrogens is 1. The fraction of sp³-hybridized carbons (Fsp3) is 0.400. The second-order valence-electron chi connectivity index (χ2n) is 11.3. The first-order valence-electron chi connectivity index (χ1n) is 13.4. The van der Waals surface area contributed by atoms with Gasteiger partial charge in [0.25, 0.3) is 11.8 Å². The number of hydrogen-bond acceptors (Lipinski definition) is 7. The molecule has 0 saturated carbocycles. The average molecular weight is 580 g/mol. The summed E-state index contributed by atoms with van der Waals surface area (Å²) < 4.78 is 0.850. The molecule has 4 N–H and O–H groups in total. The van der Waals surface area contributed by atoms with E-state index in [1.165, 1.54) is 18.3 Å². The Morgan fingerprint density at radius 2 is 1.56 bits per heavy atom. The van der Waals surface area contributed by atoms with Gasteiger partial charge in [-0.15, -0.1) is 11.3 Å². The topological polar surface area (TPSA) is 146 Å². The van der Waals surface area contributed by atoms with Gasteiger partial charge < -0.3 is 21.3 Å². The van der Waals surface area contributed by atoms with Crippen molar-refractivity contribution in [1.82, 2.24) is 26.3 Å². The minimum Gasteiger partial charge on any atom is -0.345 e. The second kappa shape index (κ2) is 13.5. The fourth-order valence-corrected chi connectivity index (χ4v) is 4.78. The molecule has 2 aromatic carbocycles. The Labute approximate surface area is 243 Å². The van der Waals surface area contributed by atoms with Crippen LogP contribution < -0.4 is 21.3 Å². The Kier molecular flexibility index (Phi) is 10.3. The van der Waals surface area contributed by atoms with Crippen LogP contribution in [-0.2, 0) is 25.7 Å². The number of benzene rings is 2. The number of nitrogens with one attached hydrogen (secondary N) is 4. The molecule has 10 nitrogen and oxygen atoms in total. The molecule has 0 bridgehead atoms. The number of hydrogen-bond donors (Lipinski definition) is 4. The third-order valence-corrected chi connectivity index (χ3v) is 7.31. The van der Waals surface area contributed by atoms with E-state index in [1.807, 2.05) is 30.3 Å². The second-order valence-corrected chi connectivity index (χ2v) is 12.2. The van der Waals surface area contributed by atoms with Crippen LogP contribution >= 0.6 is 11.3 Å². The molecule has 0 spiro atoms. The molecule has 0 saturated heterocycles. The quantitative estimate of drug-likeness (QED) is 0.257. The van der Waals surface area contributed by atoms with Gasteiger partial charge in [-0.25, -0.2) is 4.98 Å². The van der Waals surface area contributed by atoms with E-state index in [0.717, 1.165) is 15.8 Å². The van der Waals surface area contributed by atoms with Crippen molar-refractivity contribution in [2.45, 2.75) is 66.2 Å². The molecule has 1 heterocycles. The first-order valence-corrected chi connectivity index (χ1v) is 14.3. The van der Waals surface area contributed by atoms with Gasteiger partial charge in [-0.3, -0.25) is 24.0 Å². The summed E-state index contributed by atoms with van der Waals surface area (Å²) in [4.78, 5) is 69.0. The van der Waals surface area contributed by atoms with Crippen molar-refractivity contribution in [3.8, 4) is 0 Å². The molecule has 3 aromatic rings. The summed E-state index contributed by atoms with van der Waals surface area (Å²) in [6.45, 7) is 10.5. The maximum absolute atomic E-state index is 13.3. The first kappa shape index (κ1) is 31.4. The number of nitrogens with zero attached hydrogens (tertiary/aromatic N) is 1. The molecular formula is C30H37N5O5S. The maximum atomic E-state index is 13.3. The largest absolute Gasteiger partial charge is 0.345 e. The van der Waals surface area contributed by atoms with Gasteiger partial charge in [0.05, 0.1) is 21.8 Å². The molecule has 3 rings (SSSR count). The lowest BCUT2D eigenvalue weighted by Crippen LogP contribution is -2.59. The lowest BCUT2D eigenvalue weighted by atomic mass is 9.85. The molecular weight excluding hydrogens is 542 g/mol. The van der Waals surface area contributed by atoms with E-state index >= 15 is 0 Å². The predicted molar refractivity (Wildman–Crippen MR) is 158 cm³/mol. The lowest BCUT2D eigenvalue weighted by molar-refractivity contribution is -0.141. The van der Waals surface area contributed by atoms with Crippen molar-refractivity contribution < 1.29 is 24.0 Å². The van der Waals surface area contributed by atoms with Crippen LogP contribution in [-0.4, -0.2) is 52.5 Å². The summed E-state index contributed by atoms with van der Waals surface area (Å²) in [5, 5.41) is 10.6. The van der Waals surface area contributed by atoms with Crippen molar-refractivity contribution in [3.63, 3.8) is 0 Å².